The number of benzene rings is 2. The first-order chi connectivity index (χ1) is 26.8. The van der Waals surface area contributed by atoms with Crippen molar-refractivity contribution in [3.63, 3.8) is 0 Å². The molecule has 7 rings (SSSR count). The maximum Gasteiger partial charge on any atom is 0.332 e. The van der Waals surface area contributed by atoms with Gasteiger partial charge in [-0.2, -0.15) is 11.8 Å². The number of methoxy groups -OCH3 is 1. The number of esters is 1. The molecule has 2 aromatic carbocycles. The number of fused-ring (bicyclic) bond motifs is 1. The Hall–Kier alpha value is -4.67. The van der Waals surface area contributed by atoms with Gasteiger partial charge >= 0.3 is 12.0 Å². The van der Waals surface area contributed by atoms with E-state index in [1.54, 1.807) is 4.68 Å². The van der Waals surface area contributed by atoms with Crippen molar-refractivity contribution in [1.29, 1.82) is 0 Å². The standard InChI is InChI=1S/C39H52N10O5S/c1-54-38(52)36(40-30-7-3-2-4-8-30)29-13-11-28(12-14-29)23-45-15-17-46(18-16-45)24-31-25-49(44-43-31)26-35(51)48-21-19-47(20-22-48)34(50)10-6-5-9-33-37-32(27-55-33)41-39(53)42-37/h2-4,7-8,11-14,25,32-33,36-37,40H,5-6,9-10,15-24,26-27H2,1H3,(H2,41,42,53)/t32?,33-,36?,37?/m0/s1. The molecule has 0 radical (unpaired) electrons. The highest BCUT2D eigenvalue weighted by atomic mass is 32.2. The van der Waals surface area contributed by atoms with Crippen molar-refractivity contribution in [3.8, 4) is 0 Å². The number of carbonyl (C=O) groups excluding carboxylic acids is 4. The number of para-hydroxylation sites is 1. The summed E-state index contributed by atoms with van der Waals surface area (Å²) < 4.78 is 6.69. The lowest BCUT2D eigenvalue weighted by molar-refractivity contribution is -0.141. The highest BCUT2D eigenvalue weighted by molar-refractivity contribution is 8.00. The number of nitrogens with one attached hydrogen (secondary N) is 3. The Morgan fingerprint density at radius 1 is 0.873 bits per heavy atom. The molecule has 0 aliphatic carbocycles. The van der Waals surface area contributed by atoms with Gasteiger partial charge in [0.1, 0.15) is 6.54 Å². The van der Waals surface area contributed by atoms with E-state index in [-0.39, 0.29) is 42.4 Å². The maximum absolute atomic E-state index is 13.1. The third-order valence-electron chi connectivity index (χ3n) is 11.0. The van der Waals surface area contributed by atoms with Crippen LogP contribution in [0.4, 0.5) is 10.5 Å². The Morgan fingerprint density at radius 2 is 1.56 bits per heavy atom. The lowest BCUT2D eigenvalue weighted by atomic mass is 10.0. The molecule has 15 nitrogen and oxygen atoms in total. The van der Waals surface area contributed by atoms with Crippen LogP contribution in [0.1, 0.15) is 48.5 Å². The van der Waals surface area contributed by atoms with Crippen LogP contribution < -0.4 is 16.0 Å². The summed E-state index contributed by atoms with van der Waals surface area (Å²) in [5.41, 5.74) is 3.73. The van der Waals surface area contributed by atoms with Crippen molar-refractivity contribution < 1.29 is 23.9 Å². The fraction of sp³-hybridized carbons (Fsp3) is 0.538. The monoisotopic (exact) mass is 772 g/mol. The van der Waals surface area contributed by atoms with Gasteiger partial charge in [-0.1, -0.05) is 54.1 Å². The molecule has 4 saturated heterocycles. The lowest BCUT2D eigenvalue weighted by Crippen LogP contribution is -2.51. The summed E-state index contributed by atoms with van der Waals surface area (Å²) in [6.07, 6.45) is 5.17. The van der Waals surface area contributed by atoms with Gasteiger partial charge in [-0.05, 0) is 36.1 Å². The second kappa shape index (κ2) is 18.3. The number of anilines is 1. The quantitative estimate of drug-likeness (QED) is 0.118. The molecular weight excluding hydrogens is 721 g/mol. The van der Waals surface area contributed by atoms with Crippen molar-refractivity contribution in [3.05, 3.63) is 77.6 Å². The normalized spacial score (nSPS) is 22.1. The number of nitrogens with zero attached hydrogens (tertiary/aromatic N) is 7. The number of rotatable bonds is 15. The van der Waals surface area contributed by atoms with E-state index in [0.717, 1.165) is 74.7 Å². The van der Waals surface area contributed by atoms with Gasteiger partial charge in [0.25, 0.3) is 0 Å². The molecule has 0 saturated carbocycles. The minimum atomic E-state index is -0.589. The fourth-order valence-corrected chi connectivity index (χ4v) is 9.40. The van der Waals surface area contributed by atoms with Gasteiger partial charge in [0.2, 0.25) is 11.8 Å². The second-order valence-electron chi connectivity index (χ2n) is 14.8. The number of hydrogen-bond acceptors (Lipinski definition) is 11. The van der Waals surface area contributed by atoms with Crippen LogP contribution in [0.5, 0.6) is 0 Å². The van der Waals surface area contributed by atoms with Crippen LogP contribution in [0.2, 0.25) is 0 Å². The minimum absolute atomic E-state index is 0.0145. The van der Waals surface area contributed by atoms with Crippen LogP contribution in [-0.4, -0.2) is 141 Å². The average Bonchev–Trinajstić information content (AvgIpc) is 3.92. The van der Waals surface area contributed by atoms with E-state index in [2.05, 4.69) is 48.2 Å². The Balaban J connectivity index is 0.779. The number of thioether (sulfide) groups is 1. The van der Waals surface area contributed by atoms with Crippen molar-refractivity contribution in [2.24, 2.45) is 0 Å². The molecule has 0 spiro atoms. The highest BCUT2D eigenvalue weighted by Crippen LogP contribution is 2.33. The molecule has 294 valence electrons. The molecule has 16 heteroatoms. The zero-order chi connectivity index (χ0) is 38.1. The molecule has 3 N–H and O–H groups in total. The van der Waals surface area contributed by atoms with Gasteiger partial charge in [0.15, 0.2) is 6.04 Å². The van der Waals surface area contributed by atoms with E-state index < -0.39 is 6.04 Å². The molecule has 3 aromatic rings. The molecule has 55 heavy (non-hydrogen) atoms. The topological polar surface area (TPSA) is 157 Å². The van der Waals surface area contributed by atoms with Gasteiger partial charge in [-0.3, -0.25) is 19.4 Å². The zero-order valence-corrected chi connectivity index (χ0v) is 32.3. The number of urea groups is 1. The molecule has 5 heterocycles. The smallest absolute Gasteiger partial charge is 0.332 e. The molecule has 4 amide bonds. The number of hydrogen-bond donors (Lipinski definition) is 3. The average molecular weight is 773 g/mol. The molecule has 4 atom stereocenters. The predicted octanol–water partition coefficient (Wildman–Crippen LogP) is 2.32. The zero-order valence-electron chi connectivity index (χ0n) is 31.5. The Morgan fingerprint density at radius 3 is 2.27 bits per heavy atom. The van der Waals surface area contributed by atoms with E-state index in [4.69, 9.17) is 4.74 Å². The summed E-state index contributed by atoms with van der Waals surface area (Å²) in [5.74, 6) is 0.750. The summed E-state index contributed by atoms with van der Waals surface area (Å²) in [6.45, 7) is 7.41. The van der Waals surface area contributed by atoms with Crippen LogP contribution in [0.25, 0.3) is 0 Å². The third-order valence-corrected chi connectivity index (χ3v) is 12.5. The maximum atomic E-state index is 13.1. The van der Waals surface area contributed by atoms with Crippen molar-refractivity contribution >= 4 is 41.3 Å². The summed E-state index contributed by atoms with van der Waals surface area (Å²) in [4.78, 5) is 58.6. The summed E-state index contributed by atoms with van der Waals surface area (Å²) in [7, 11) is 1.40. The van der Waals surface area contributed by atoms with Crippen LogP contribution in [0.3, 0.4) is 0 Å². The predicted molar refractivity (Wildman–Crippen MR) is 209 cm³/mol. The van der Waals surface area contributed by atoms with Gasteiger partial charge in [-0.25, -0.2) is 14.3 Å². The van der Waals surface area contributed by atoms with E-state index in [1.807, 2.05) is 70.2 Å². The van der Waals surface area contributed by atoms with Crippen molar-refractivity contribution in [1.82, 2.24) is 45.2 Å². The van der Waals surface area contributed by atoms with Gasteiger partial charge in [-0.15, -0.1) is 5.10 Å². The van der Waals surface area contributed by atoms with Crippen LogP contribution in [-0.2, 0) is 38.8 Å². The fourth-order valence-electron chi connectivity index (χ4n) is 7.86. The third kappa shape index (κ3) is 10.2. The summed E-state index contributed by atoms with van der Waals surface area (Å²) >= 11 is 1.90. The molecule has 4 aliphatic heterocycles. The van der Waals surface area contributed by atoms with E-state index >= 15 is 0 Å². The largest absolute Gasteiger partial charge is 0.467 e. The molecule has 4 fully saturated rings. The van der Waals surface area contributed by atoms with Gasteiger partial charge < -0.3 is 30.5 Å². The molecule has 4 aliphatic rings. The van der Waals surface area contributed by atoms with Crippen molar-refractivity contribution in [2.45, 2.75) is 68.7 Å². The molecule has 1 aromatic heterocycles. The lowest BCUT2D eigenvalue weighted by Gasteiger charge is -2.35. The van der Waals surface area contributed by atoms with E-state index in [0.29, 0.717) is 44.4 Å². The van der Waals surface area contributed by atoms with Crippen LogP contribution >= 0.6 is 11.8 Å². The Bertz CT molecular complexity index is 1760. The van der Waals surface area contributed by atoms with Gasteiger partial charge in [0.05, 0.1) is 31.1 Å². The first kappa shape index (κ1) is 38.6. The number of piperazine rings is 2. The first-order valence-electron chi connectivity index (χ1n) is 19.4. The van der Waals surface area contributed by atoms with Crippen LogP contribution in [0.15, 0.2) is 60.8 Å². The molecule has 3 unspecified atom stereocenters. The Labute approximate surface area is 326 Å². The second-order valence-corrected chi connectivity index (χ2v) is 16.1. The van der Waals surface area contributed by atoms with E-state index in [9.17, 15) is 19.2 Å². The number of carbonyl (C=O) groups is 4. The van der Waals surface area contributed by atoms with Crippen LogP contribution in [0, 0.1) is 0 Å². The summed E-state index contributed by atoms with van der Waals surface area (Å²) in [6, 6.07) is 17.6. The molecular formula is C39H52N10O5S. The Kier molecular flexibility index (Phi) is 12.8. The number of aromatic nitrogens is 3. The SMILES string of the molecule is COC(=O)C(Nc1ccccc1)c1ccc(CN2CCN(Cc3cn(CC(=O)N4CCN(C(=O)CCCC[C@@H]5SCC6NC(=O)NC65)CC4)nn3)CC2)cc1. The van der Waals surface area contributed by atoms with E-state index in [1.165, 1.54) is 12.7 Å². The minimum Gasteiger partial charge on any atom is -0.467 e. The highest BCUT2D eigenvalue weighted by Gasteiger charge is 2.42. The molecule has 0 bridgehead atoms. The first-order valence-corrected chi connectivity index (χ1v) is 20.4. The number of ether oxygens (including phenoxy) is 1. The van der Waals surface area contributed by atoms with Crippen molar-refractivity contribution in [2.75, 3.05) is 70.5 Å². The van der Waals surface area contributed by atoms with Gasteiger partial charge in [0, 0.05) is 88.6 Å². The number of unbranched alkanes of at least 4 members (excludes halogenated alkanes) is 1. The number of amides is 4. The summed E-state index contributed by atoms with van der Waals surface area (Å²) in [5, 5.41) is 18.3.